The van der Waals surface area contributed by atoms with Crippen LogP contribution < -0.4 is 0 Å². The van der Waals surface area contributed by atoms with Crippen LogP contribution in [0, 0.1) is 0 Å². The van der Waals surface area contributed by atoms with Gasteiger partial charge in [0.1, 0.15) is 0 Å². The Morgan fingerprint density at radius 1 is 0.250 bits per heavy atom. The first-order chi connectivity index (χ1) is 23.1. The van der Waals surface area contributed by atoms with Gasteiger partial charge in [-0.3, -0.25) is 19.2 Å². The summed E-state index contributed by atoms with van der Waals surface area (Å²) in [6, 6.07) is 0. The SMILES string of the molecule is CCCCCCCCCC(=O)O.CCCCCCCCCC(=O)O.CCCCCCCCCC(=O)O.CCCCCCCCCC(=O)O. The van der Waals surface area contributed by atoms with Gasteiger partial charge in [0.15, 0.2) is 0 Å². The Labute approximate surface area is 296 Å². The number of aliphatic carboxylic acids is 4. The zero-order valence-electron chi connectivity index (χ0n) is 32.0. The highest BCUT2D eigenvalue weighted by atomic mass is 16.4. The van der Waals surface area contributed by atoms with Gasteiger partial charge in [0.25, 0.3) is 0 Å². The smallest absolute Gasteiger partial charge is 0.303 e. The fourth-order valence-electron chi connectivity index (χ4n) is 4.93. The number of hydrogen-bond donors (Lipinski definition) is 4. The van der Waals surface area contributed by atoms with E-state index in [0.29, 0.717) is 25.7 Å². The summed E-state index contributed by atoms with van der Waals surface area (Å²) in [6.45, 7) is 8.80. The zero-order valence-corrected chi connectivity index (χ0v) is 32.0. The first-order valence-corrected chi connectivity index (χ1v) is 20.0. The molecule has 0 radical (unpaired) electrons. The summed E-state index contributed by atoms with van der Waals surface area (Å²) in [7, 11) is 0. The summed E-state index contributed by atoms with van der Waals surface area (Å²) in [5, 5.41) is 33.4. The van der Waals surface area contributed by atoms with E-state index in [1.54, 1.807) is 0 Å². The van der Waals surface area contributed by atoms with Crippen LogP contribution in [0.3, 0.4) is 0 Å². The van der Waals surface area contributed by atoms with Crippen molar-refractivity contribution in [3.63, 3.8) is 0 Å². The summed E-state index contributed by atoms with van der Waals surface area (Å²) < 4.78 is 0. The molecule has 0 bridgehead atoms. The Kier molecular flexibility index (Phi) is 54.1. The molecular weight excluding hydrogens is 608 g/mol. The standard InChI is InChI=1S/4C10H20O2/c4*1-2-3-4-5-6-7-8-9-10(11)12/h4*2-9H2,1H3,(H,11,12). The van der Waals surface area contributed by atoms with Crippen molar-refractivity contribution in [2.45, 2.75) is 233 Å². The van der Waals surface area contributed by atoms with E-state index in [2.05, 4.69) is 27.7 Å². The van der Waals surface area contributed by atoms with E-state index in [0.717, 1.165) is 51.4 Å². The van der Waals surface area contributed by atoms with E-state index in [1.807, 2.05) is 0 Å². The maximum Gasteiger partial charge on any atom is 0.303 e. The average molecular weight is 689 g/mol. The van der Waals surface area contributed by atoms with Crippen molar-refractivity contribution in [1.29, 1.82) is 0 Å². The lowest BCUT2D eigenvalue weighted by Crippen LogP contribution is -1.93. The van der Waals surface area contributed by atoms with E-state index in [9.17, 15) is 19.2 Å². The third-order valence-corrected chi connectivity index (χ3v) is 7.98. The van der Waals surface area contributed by atoms with Crippen LogP contribution in [-0.4, -0.2) is 44.3 Å². The van der Waals surface area contributed by atoms with Crippen molar-refractivity contribution < 1.29 is 39.6 Å². The lowest BCUT2D eigenvalue weighted by atomic mass is 10.1. The fraction of sp³-hybridized carbons (Fsp3) is 0.900. The summed E-state index contributed by atoms with van der Waals surface area (Å²) in [5.41, 5.74) is 0. The molecule has 8 heteroatoms. The first-order valence-electron chi connectivity index (χ1n) is 20.0. The fourth-order valence-corrected chi connectivity index (χ4v) is 4.93. The second-order valence-electron chi connectivity index (χ2n) is 13.1. The largest absolute Gasteiger partial charge is 0.481 e. The Hall–Kier alpha value is -2.12. The minimum absolute atomic E-state index is 0.341. The lowest BCUT2D eigenvalue weighted by molar-refractivity contribution is -0.138. The van der Waals surface area contributed by atoms with Crippen LogP contribution in [-0.2, 0) is 19.2 Å². The minimum Gasteiger partial charge on any atom is -0.481 e. The minimum atomic E-state index is -0.663. The second-order valence-corrected chi connectivity index (χ2v) is 13.1. The highest BCUT2D eigenvalue weighted by Crippen LogP contribution is 2.10. The zero-order chi connectivity index (χ0) is 36.9. The van der Waals surface area contributed by atoms with Crippen LogP contribution in [0.2, 0.25) is 0 Å². The summed E-state index contributed by atoms with van der Waals surface area (Å²) in [4.78, 5) is 40.5. The Morgan fingerprint density at radius 2 is 0.375 bits per heavy atom. The Balaban J connectivity index is -0.000000269. The van der Waals surface area contributed by atoms with Crippen molar-refractivity contribution in [2.75, 3.05) is 0 Å². The topological polar surface area (TPSA) is 149 Å². The van der Waals surface area contributed by atoms with Gasteiger partial charge in [0, 0.05) is 25.7 Å². The highest BCUT2D eigenvalue weighted by Gasteiger charge is 1.98. The van der Waals surface area contributed by atoms with Crippen molar-refractivity contribution >= 4 is 23.9 Å². The third kappa shape index (κ3) is 70.3. The molecule has 48 heavy (non-hydrogen) atoms. The van der Waals surface area contributed by atoms with Crippen molar-refractivity contribution in [1.82, 2.24) is 0 Å². The summed E-state index contributed by atoms with van der Waals surface area (Å²) in [6.07, 6.45) is 34.6. The predicted molar refractivity (Wildman–Crippen MR) is 201 cm³/mol. The maximum atomic E-state index is 10.1. The molecule has 0 aliphatic heterocycles. The molecule has 0 aromatic heterocycles. The molecule has 0 amide bonds. The molecule has 0 saturated carbocycles. The van der Waals surface area contributed by atoms with Gasteiger partial charge in [-0.25, -0.2) is 0 Å². The van der Waals surface area contributed by atoms with Crippen LogP contribution in [0.15, 0.2) is 0 Å². The number of carbonyl (C=O) groups is 4. The van der Waals surface area contributed by atoms with Crippen LogP contribution in [0.1, 0.15) is 233 Å². The molecule has 0 rings (SSSR count). The summed E-state index contributed by atoms with van der Waals surface area (Å²) >= 11 is 0. The molecule has 288 valence electrons. The van der Waals surface area contributed by atoms with Gasteiger partial charge in [0.2, 0.25) is 0 Å². The van der Waals surface area contributed by atoms with Crippen molar-refractivity contribution in [3.8, 4) is 0 Å². The van der Waals surface area contributed by atoms with Crippen LogP contribution >= 0.6 is 0 Å². The van der Waals surface area contributed by atoms with Crippen LogP contribution in [0.5, 0.6) is 0 Å². The highest BCUT2D eigenvalue weighted by molar-refractivity contribution is 5.67. The normalized spacial score (nSPS) is 10.1. The Morgan fingerprint density at radius 3 is 0.500 bits per heavy atom. The molecule has 0 spiro atoms. The number of unbranched alkanes of at least 4 members (excludes halogenated alkanes) is 24. The molecule has 8 nitrogen and oxygen atoms in total. The van der Waals surface area contributed by atoms with Gasteiger partial charge in [-0.2, -0.15) is 0 Å². The number of carboxylic acids is 4. The van der Waals surface area contributed by atoms with Crippen LogP contribution in [0.4, 0.5) is 0 Å². The van der Waals surface area contributed by atoms with E-state index in [-0.39, 0.29) is 0 Å². The van der Waals surface area contributed by atoms with Gasteiger partial charge >= 0.3 is 23.9 Å². The maximum absolute atomic E-state index is 10.1. The van der Waals surface area contributed by atoms with Gasteiger partial charge < -0.3 is 20.4 Å². The number of rotatable bonds is 32. The van der Waals surface area contributed by atoms with E-state index in [1.165, 1.54) is 128 Å². The predicted octanol–water partition coefficient (Wildman–Crippen LogP) is 12.8. The molecule has 0 aliphatic carbocycles. The molecule has 0 aromatic rings. The molecular formula is C40H80O8. The van der Waals surface area contributed by atoms with Gasteiger partial charge in [-0.1, -0.05) is 182 Å². The van der Waals surface area contributed by atoms with Gasteiger partial charge in [-0.15, -0.1) is 0 Å². The van der Waals surface area contributed by atoms with Gasteiger partial charge in [-0.05, 0) is 25.7 Å². The Bertz CT molecular complexity index is 554. The quantitative estimate of drug-likeness (QED) is 0.0510. The lowest BCUT2D eigenvalue weighted by Gasteiger charge is -1.98. The van der Waals surface area contributed by atoms with Crippen molar-refractivity contribution in [2.24, 2.45) is 0 Å². The molecule has 4 N–H and O–H groups in total. The van der Waals surface area contributed by atoms with Gasteiger partial charge in [0.05, 0.1) is 0 Å². The molecule has 0 fully saturated rings. The van der Waals surface area contributed by atoms with E-state index < -0.39 is 23.9 Å². The average Bonchev–Trinajstić information content (AvgIpc) is 3.03. The monoisotopic (exact) mass is 689 g/mol. The number of carboxylic acid groups (broad SMARTS) is 4. The molecule has 0 atom stereocenters. The molecule has 0 saturated heterocycles. The van der Waals surface area contributed by atoms with Crippen LogP contribution in [0.25, 0.3) is 0 Å². The number of hydrogen-bond acceptors (Lipinski definition) is 4. The molecule has 0 unspecified atom stereocenters. The molecule has 0 aliphatic rings. The van der Waals surface area contributed by atoms with E-state index in [4.69, 9.17) is 20.4 Å². The molecule has 0 aromatic carbocycles. The van der Waals surface area contributed by atoms with E-state index >= 15 is 0 Å². The first kappa shape index (κ1) is 52.7. The third-order valence-electron chi connectivity index (χ3n) is 7.98. The molecule has 0 heterocycles. The summed E-state index contributed by atoms with van der Waals surface area (Å²) in [5.74, 6) is -2.65. The van der Waals surface area contributed by atoms with Crippen molar-refractivity contribution in [3.05, 3.63) is 0 Å². The second kappa shape index (κ2) is 49.3.